The van der Waals surface area contributed by atoms with Gasteiger partial charge in [0, 0.05) is 12.6 Å². The smallest absolute Gasteiger partial charge is 0.0917 e. The first-order valence-corrected chi connectivity index (χ1v) is 6.44. The number of benzene rings is 1. The van der Waals surface area contributed by atoms with Gasteiger partial charge in [-0.1, -0.05) is 36.8 Å². The van der Waals surface area contributed by atoms with E-state index >= 15 is 0 Å². The minimum Gasteiger partial charge on any atom is -0.387 e. The van der Waals surface area contributed by atoms with Gasteiger partial charge in [0.2, 0.25) is 0 Å². The second-order valence-electron chi connectivity index (χ2n) is 4.73. The van der Waals surface area contributed by atoms with Crippen LogP contribution < -0.4 is 0 Å². The van der Waals surface area contributed by atoms with Crippen LogP contribution in [0.15, 0.2) is 24.3 Å². The average molecular weight is 246 g/mol. The maximum atomic E-state index is 10.2. The van der Waals surface area contributed by atoms with Gasteiger partial charge in [-0.15, -0.1) is 0 Å². The minimum absolute atomic E-state index is 0.181. The molecule has 1 aromatic carbocycles. The average Bonchev–Trinajstić information content (AvgIpc) is 2.36. The molecule has 98 valence electrons. The lowest BCUT2D eigenvalue weighted by atomic mass is 10.1. The third-order valence-electron chi connectivity index (χ3n) is 3.29. The van der Waals surface area contributed by atoms with Crippen molar-refractivity contribution in [3.63, 3.8) is 0 Å². The van der Waals surface area contributed by atoms with Crippen LogP contribution in [0.5, 0.6) is 0 Å². The Morgan fingerprint density at radius 3 is 2.44 bits per heavy atom. The van der Waals surface area contributed by atoms with Gasteiger partial charge in [0.15, 0.2) is 0 Å². The summed E-state index contributed by atoms with van der Waals surface area (Å²) in [6.45, 7) is 7.52. The molecule has 0 aliphatic heterocycles. The van der Waals surface area contributed by atoms with Crippen molar-refractivity contribution in [2.75, 3.05) is 13.1 Å². The highest BCUT2D eigenvalue weighted by Gasteiger charge is 2.17. The molecule has 0 bridgehead atoms. The first-order valence-electron chi connectivity index (χ1n) is 6.44. The molecule has 2 unspecified atom stereocenters. The van der Waals surface area contributed by atoms with E-state index in [1.165, 1.54) is 5.56 Å². The summed E-state index contributed by atoms with van der Waals surface area (Å²) >= 11 is 0. The van der Waals surface area contributed by atoms with Gasteiger partial charge >= 0.3 is 0 Å². The van der Waals surface area contributed by atoms with E-state index < -0.39 is 6.10 Å². The standard InChI is InChI=1S/C15H22N2O/c1-4-17(13(3)9-10-16)11-15(18)14-7-5-12(2)6-8-14/h5-8,13,15,18H,4,9,11H2,1-3H3. The van der Waals surface area contributed by atoms with Gasteiger partial charge in [-0.25, -0.2) is 0 Å². The lowest BCUT2D eigenvalue weighted by Gasteiger charge is -2.28. The van der Waals surface area contributed by atoms with Gasteiger partial charge in [-0.2, -0.15) is 5.26 Å². The van der Waals surface area contributed by atoms with Crippen molar-refractivity contribution in [3.05, 3.63) is 35.4 Å². The molecule has 18 heavy (non-hydrogen) atoms. The molecule has 0 radical (unpaired) electrons. The summed E-state index contributed by atoms with van der Waals surface area (Å²) in [7, 11) is 0. The third-order valence-corrected chi connectivity index (χ3v) is 3.29. The zero-order chi connectivity index (χ0) is 13.5. The molecule has 0 heterocycles. The SMILES string of the molecule is CCN(CC(O)c1ccc(C)cc1)C(C)CC#N. The van der Waals surface area contributed by atoms with Crippen LogP contribution in [0.4, 0.5) is 0 Å². The van der Waals surface area contributed by atoms with Gasteiger partial charge in [0.05, 0.1) is 18.6 Å². The maximum absolute atomic E-state index is 10.2. The van der Waals surface area contributed by atoms with Gasteiger partial charge in [-0.05, 0) is 26.0 Å². The Hall–Kier alpha value is -1.37. The van der Waals surface area contributed by atoms with Gasteiger partial charge < -0.3 is 5.11 Å². The Kier molecular flexibility index (Phi) is 5.84. The monoisotopic (exact) mass is 246 g/mol. The van der Waals surface area contributed by atoms with Crippen LogP contribution in [0.25, 0.3) is 0 Å². The fraction of sp³-hybridized carbons (Fsp3) is 0.533. The van der Waals surface area contributed by atoms with Crippen LogP contribution in [0, 0.1) is 18.3 Å². The summed E-state index contributed by atoms with van der Waals surface area (Å²) < 4.78 is 0. The van der Waals surface area contributed by atoms with Crippen LogP contribution in [-0.4, -0.2) is 29.1 Å². The molecule has 0 saturated heterocycles. The predicted octanol–water partition coefficient (Wildman–Crippen LogP) is 2.65. The van der Waals surface area contributed by atoms with E-state index in [1.54, 1.807) is 0 Å². The Bertz CT molecular complexity index is 394. The zero-order valence-electron chi connectivity index (χ0n) is 11.4. The molecule has 1 rings (SSSR count). The highest BCUT2D eigenvalue weighted by Crippen LogP contribution is 2.16. The lowest BCUT2D eigenvalue weighted by molar-refractivity contribution is 0.0957. The van der Waals surface area contributed by atoms with Crippen molar-refractivity contribution >= 4 is 0 Å². The van der Waals surface area contributed by atoms with Crippen LogP contribution in [-0.2, 0) is 0 Å². The Morgan fingerprint density at radius 2 is 1.94 bits per heavy atom. The lowest BCUT2D eigenvalue weighted by Crippen LogP contribution is -2.36. The summed E-state index contributed by atoms with van der Waals surface area (Å²) in [5.74, 6) is 0. The summed E-state index contributed by atoms with van der Waals surface area (Å²) in [6.07, 6.45) is 0.000699. The summed E-state index contributed by atoms with van der Waals surface area (Å²) in [5.41, 5.74) is 2.12. The number of likely N-dealkylation sites (N-methyl/N-ethyl adjacent to an activating group) is 1. The van der Waals surface area contributed by atoms with E-state index in [4.69, 9.17) is 5.26 Å². The van der Waals surface area contributed by atoms with Gasteiger partial charge in [-0.3, -0.25) is 4.90 Å². The van der Waals surface area contributed by atoms with E-state index in [9.17, 15) is 5.11 Å². The molecule has 0 fully saturated rings. The number of hydrogen-bond acceptors (Lipinski definition) is 3. The number of hydrogen-bond donors (Lipinski definition) is 1. The summed E-state index contributed by atoms with van der Waals surface area (Å²) in [4.78, 5) is 2.13. The molecule has 3 heteroatoms. The Balaban J connectivity index is 2.64. The number of nitrogens with zero attached hydrogens (tertiary/aromatic N) is 2. The molecule has 2 atom stereocenters. The van der Waals surface area contributed by atoms with Crippen LogP contribution >= 0.6 is 0 Å². The summed E-state index contributed by atoms with van der Waals surface area (Å²) in [6, 6.07) is 10.3. The van der Waals surface area contributed by atoms with E-state index in [0.29, 0.717) is 13.0 Å². The molecule has 1 N–H and O–H groups in total. The molecule has 0 aliphatic rings. The van der Waals surface area contributed by atoms with Crippen molar-refractivity contribution in [1.29, 1.82) is 5.26 Å². The molecule has 1 aromatic rings. The number of rotatable bonds is 6. The van der Waals surface area contributed by atoms with E-state index in [2.05, 4.69) is 17.9 Å². The molecule has 0 aliphatic carbocycles. The highest BCUT2D eigenvalue weighted by molar-refractivity contribution is 5.23. The minimum atomic E-state index is -0.494. The van der Waals surface area contributed by atoms with Crippen molar-refractivity contribution in [3.8, 4) is 6.07 Å². The number of aryl methyl sites for hydroxylation is 1. The largest absolute Gasteiger partial charge is 0.387 e. The molecular weight excluding hydrogens is 224 g/mol. The van der Waals surface area contributed by atoms with E-state index in [0.717, 1.165) is 12.1 Å². The fourth-order valence-corrected chi connectivity index (χ4v) is 2.00. The number of nitriles is 1. The first-order chi connectivity index (χ1) is 8.58. The molecule has 0 aromatic heterocycles. The second-order valence-corrected chi connectivity index (χ2v) is 4.73. The van der Waals surface area contributed by atoms with Crippen LogP contribution in [0.1, 0.15) is 37.5 Å². The predicted molar refractivity (Wildman–Crippen MR) is 73.1 cm³/mol. The van der Waals surface area contributed by atoms with Crippen molar-refractivity contribution < 1.29 is 5.11 Å². The second kappa shape index (κ2) is 7.15. The first kappa shape index (κ1) is 14.7. The Labute approximate surface area is 110 Å². The molecular formula is C15H22N2O. The van der Waals surface area contributed by atoms with Crippen molar-refractivity contribution in [1.82, 2.24) is 4.90 Å². The maximum Gasteiger partial charge on any atom is 0.0917 e. The highest BCUT2D eigenvalue weighted by atomic mass is 16.3. The normalized spacial score (nSPS) is 14.2. The quantitative estimate of drug-likeness (QED) is 0.839. The van der Waals surface area contributed by atoms with E-state index in [-0.39, 0.29) is 6.04 Å². The van der Waals surface area contributed by atoms with Gasteiger partial charge in [0.1, 0.15) is 0 Å². The topological polar surface area (TPSA) is 47.3 Å². The fourth-order valence-electron chi connectivity index (χ4n) is 2.00. The van der Waals surface area contributed by atoms with E-state index in [1.807, 2.05) is 38.1 Å². The van der Waals surface area contributed by atoms with Crippen molar-refractivity contribution in [2.45, 2.75) is 39.3 Å². The van der Waals surface area contributed by atoms with Gasteiger partial charge in [0.25, 0.3) is 0 Å². The number of aliphatic hydroxyl groups is 1. The molecule has 0 spiro atoms. The van der Waals surface area contributed by atoms with Crippen LogP contribution in [0.2, 0.25) is 0 Å². The Morgan fingerprint density at radius 1 is 1.33 bits per heavy atom. The number of aliphatic hydroxyl groups excluding tert-OH is 1. The molecule has 0 amide bonds. The third kappa shape index (κ3) is 4.14. The van der Waals surface area contributed by atoms with Crippen LogP contribution in [0.3, 0.4) is 0 Å². The zero-order valence-corrected chi connectivity index (χ0v) is 11.4. The van der Waals surface area contributed by atoms with Crippen molar-refractivity contribution in [2.24, 2.45) is 0 Å². The summed E-state index contributed by atoms with van der Waals surface area (Å²) in [5, 5.41) is 18.9. The molecule has 3 nitrogen and oxygen atoms in total. The molecule has 0 saturated carbocycles.